The fourth-order valence-corrected chi connectivity index (χ4v) is 2.70. The molecule has 1 aromatic carbocycles. The van der Waals surface area contributed by atoms with E-state index in [2.05, 4.69) is 13.8 Å². The summed E-state index contributed by atoms with van der Waals surface area (Å²) in [6.07, 6.45) is 4.17. The van der Waals surface area contributed by atoms with Crippen molar-refractivity contribution in [3.8, 4) is 5.75 Å². The van der Waals surface area contributed by atoms with Gasteiger partial charge < -0.3 is 4.52 Å². The number of rotatable bonds is 9. The zero-order chi connectivity index (χ0) is 15.0. The molecule has 0 aromatic heterocycles. The van der Waals surface area contributed by atoms with Gasteiger partial charge in [0.15, 0.2) is 0 Å². The van der Waals surface area contributed by atoms with Gasteiger partial charge in [-0.05, 0) is 31.4 Å². The van der Waals surface area contributed by atoms with Crippen LogP contribution in [0.5, 0.6) is 5.75 Å². The predicted octanol–water partition coefficient (Wildman–Crippen LogP) is 4.71. The summed E-state index contributed by atoms with van der Waals surface area (Å²) >= 11 is 0. The Balaban J connectivity index is 2.47. The van der Waals surface area contributed by atoms with Crippen molar-refractivity contribution >= 4 is 7.82 Å². The van der Waals surface area contributed by atoms with E-state index in [9.17, 15) is 9.46 Å². The number of phosphoric ester groups is 1. The van der Waals surface area contributed by atoms with Crippen molar-refractivity contribution in [2.45, 2.75) is 46.5 Å². The lowest BCUT2D eigenvalue weighted by atomic mass is 10.0. The first-order valence-electron chi connectivity index (χ1n) is 7.20. The van der Waals surface area contributed by atoms with Crippen LogP contribution < -0.4 is 4.52 Å². The van der Waals surface area contributed by atoms with Crippen LogP contribution in [-0.2, 0) is 9.09 Å². The fourth-order valence-electron chi connectivity index (χ4n) is 1.86. The Labute approximate surface area is 121 Å². The smallest absolute Gasteiger partial charge is 0.404 e. The molecule has 0 saturated heterocycles. The van der Waals surface area contributed by atoms with Gasteiger partial charge in [-0.2, -0.15) is 0 Å². The van der Waals surface area contributed by atoms with Crippen molar-refractivity contribution in [1.29, 1.82) is 0 Å². The van der Waals surface area contributed by atoms with Gasteiger partial charge in [-0.3, -0.25) is 9.42 Å². The summed E-state index contributed by atoms with van der Waals surface area (Å²) in [6.45, 7) is 6.40. The van der Waals surface area contributed by atoms with Crippen molar-refractivity contribution in [2.75, 3.05) is 6.61 Å². The third-order valence-corrected chi connectivity index (χ3v) is 4.18. The van der Waals surface area contributed by atoms with E-state index in [-0.39, 0.29) is 6.61 Å². The van der Waals surface area contributed by atoms with Crippen LogP contribution in [0, 0.1) is 12.8 Å². The second kappa shape index (κ2) is 8.46. The highest BCUT2D eigenvalue weighted by Crippen LogP contribution is 2.44. The van der Waals surface area contributed by atoms with Gasteiger partial charge >= 0.3 is 7.82 Å². The molecular weight excluding hydrogens is 275 g/mol. The van der Waals surface area contributed by atoms with Crippen LogP contribution in [0.25, 0.3) is 0 Å². The number of unbranched alkanes of at least 4 members (excludes halogenated alkanes) is 1. The van der Waals surface area contributed by atoms with E-state index in [0.29, 0.717) is 11.7 Å². The number of phosphoric acid groups is 1. The third kappa shape index (κ3) is 6.56. The zero-order valence-corrected chi connectivity index (χ0v) is 13.4. The molecule has 20 heavy (non-hydrogen) atoms. The standard InChI is InChI=1S/C15H25O4P/c1-4-6-7-14(5-2)12-18-20(16,17)19-15-10-8-13(3)9-11-15/h8-11,14H,4-7,12H2,1-3H3,(H,16,17). The van der Waals surface area contributed by atoms with Gasteiger partial charge in [-0.15, -0.1) is 0 Å². The number of aryl methyl sites for hydroxylation is 1. The average Bonchev–Trinajstić information content (AvgIpc) is 2.41. The molecular formula is C15H25O4P. The van der Waals surface area contributed by atoms with Gasteiger partial charge in [0, 0.05) is 0 Å². The molecule has 4 nitrogen and oxygen atoms in total. The van der Waals surface area contributed by atoms with E-state index in [1.165, 1.54) is 0 Å². The second-order valence-electron chi connectivity index (χ2n) is 5.09. The molecule has 1 rings (SSSR count). The molecule has 114 valence electrons. The van der Waals surface area contributed by atoms with Crippen LogP contribution in [0.2, 0.25) is 0 Å². The normalized spacial score (nSPS) is 15.6. The Hall–Kier alpha value is -0.830. The lowest BCUT2D eigenvalue weighted by Gasteiger charge is -2.18. The summed E-state index contributed by atoms with van der Waals surface area (Å²) in [5, 5.41) is 0. The summed E-state index contributed by atoms with van der Waals surface area (Å²) in [4.78, 5) is 9.72. The quantitative estimate of drug-likeness (QED) is 0.671. The number of hydrogen-bond acceptors (Lipinski definition) is 3. The van der Waals surface area contributed by atoms with Crippen LogP contribution in [0.3, 0.4) is 0 Å². The predicted molar refractivity (Wildman–Crippen MR) is 80.9 cm³/mol. The molecule has 0 aliphatic heterocycles. The van der Waals surface area contributed by atoms with Crippen LogP contribution in [0.4, 0.5) is 0 Å². The molecule has 0 bridgehead atoms. The minimum atomic E-state index is -4.03. The highest BCUT2D eigenvalue weighted by Gasteiger charge is 2.24. The molecule has 1 aromatic rings. The molecule has 0 saturated carbocycles. The number of hydrogen-bond donors (Lipinski definition) is 1. The van der Waals surface area contributed by atoms with Crippen LogP contribution in [-0.4, -0.2) is 11.5 Å². The Kier molecular flexibility index (Phi) is 7.28. The minimum Gasteiger partial charge on any atom is -0.404 e. The fraction of sp³-hybridized carbons (Fsp3) is 0.600. The molecule has 0 heterocycles. The highest BCUT2D eigenvalue weighted by atomic mass is 31.2. The topological polar surface area (TPSA) is 55.8 Å². The second-order valence-corrected chi connectivity index (χ2v) is 6.46. The average molecular weight is 300 g/mol. The van der Waals surface area contributed by atoms with Crippen molar-refractivity contribution in [3.05, 3.63) is 29.8 Å². The van der Waals surface area contributed by atoms with Gasteiger partial charge in [0.25, 0.3) is 0 Å². The molecule has 0 fully saturated rings. The van der Waals surface area contributed by atoms with Gasteiger partial charge in [-0.25, -0.2) is 4.57 Å². The van der Waals surface area contributed by atoms with E-state index >= 15 is 0 Å². The summed E-state index contributed by atoms with van der Waals surface area (Å²) < 4.78 is 22.0. The Morgan fingerprint density at radius 2 is 1.90 bits per heavy atom. The maximum atomic E-state index is 11.9. The molecule has 2 unspecified atom stereocenters. The summed E-state index contributed by atoms with van der Waals surface area (Å²) in [5.74, 6) is 0.653. The minimum absolute atomic E-state index is 0.260. The first kappa shape index (κ1) is 17.2. The van der Waals surface area contributed by atoms with Crippen molar-refractivity contribution in [2.24, 2.45) is 5.92 Å². The summed E-state index contributed by atoms with van der Waals surface area (Å²) in [6, 6.07) is 6.97. The van der Waals surface area contributed by atoms with Gasteiger partial charge in [-0.1, -0.05) is 50.8 Å². The highest BCUT2D eigenvalue weighted by molar-refractivity contribution is 7.47. The Morgan fingerprint density at radius 1 is 1.25 bits per heavy atom. The third-order valence-electron chi connectivity index (χ3n) is 3.26. The summed E-state index contributed by atoms with van der Waals surface area (Å²) in [7, 11) is -4.03. The first-order valence-corrected chi connectivity index (χ1v) is 8.70. The lowest BCUT2D eigenvalue weighted by Crippen LogP contribution is -2.09. The largest absolute Gasteiger partial charge is 0.527 e. The number of benzene rings is 1. The van der Waals surface area contributed by atoms with Gasteiger partial charge in [0.2, 0.25) is 0 Å². The molecule has 0 aliphatic rings. The van der Waals surface area contributed by atoms with E-state index in [4.69, 9.17) is 9.05 Å². The lowest BCUT2D eigenvalue weighted by molar-refractivity contribution is 0.166. The van der Waals surface area contributed by atoms with Crippen molar-refractivity contribution < 1.29 is 18.5 Å². The Bertz CT molecular complexity index is 430. The van der Waals surface area contributed by atoms with Crippen molar-refractivity contribution in [3.63, 3.8) is 0 Å². The maximum Gasteiger partial charge on any atom is 0.527 e. The molecule has 0 spiro atoms. The molecule has 1 N–H and O–H groups in total. The van der Waals surface area contributed by atoms with E-state index in [0.717, 1.165) is 31.2 Å². The monoisotopic (exact) mass is 300 g/mol. The molecule has 0 aliphatic carbocycles. The van der Waals surface area contributed by atoms with E-state index in [1.54, 1.807) is 12.1 Å². The van der Waals surface area contributed by atoms with E-state index in [1.807, 2.05) is 19.1 Å². The molecule has 0 radical (unpaired) electrons. The van der Waals surface area contributed by atoms with Crippen LogP contribution >= 0.6 is 7.82 Å². The first-order chi connectivity index (χ1) is 9.46. The van der Waals surface area contributed by atoms with Gasteiger partial charge in [0.05, 0.1) is 6.61 Å². The zero-order valence-electron chi connectivity index (χ0n) is 12.5. The maximum absolute atomic E-state index is 11.9. The molecule has 2 atom stereocenters. The molecule has 0 amide bonds. The Morgan fingerprint density at radius 3 is 2.45 bits per heavy atom. The molecule has 5 heteroatoms. The van der Waals surface area contributed by atoms with Crippen molar-refractivity contribution in [1.82, 2.24) is 0 Å². The summed E-state index contributed by atoms with van der Waals surface area (Å²) in [5.41, 5.74) is 1.07. The SMILES string of the molecule is CCCCC(CC)COP(=O)(O)Oc1ccc(C)cc1. The van der Waals surface area contributed by atoms with Crippen LogP contribution in [0.1, 0.15) is 45.1 Å². The van der Waals surface area contributed by atoms with Crippen LogP contribution in [0.15, 0.2) is 24.3 Å². The van der Waals surface area contributed by atoms with Gasteiger partial charge in [0.1, 0.15) is 5.75 Å². The van der Waals surface area contributed by atoms with E-state index < -0.39 is 7.82 Å².